The molecular formula is C28H18N4O4. The van der Waals surface area contributed by atoms with Crippen LogP contribution in [0.4, 0.5) is 0 Å². The summed E-state index contributed by atoms with van der Waals surface area (Å²) in [5.41, 5.74) is 7.43. The minimum absolute atomic E-state index is 0.228. The molecule has 0 saturated heterocycles. The van der Waals surface area contributed by atoms with Crippen LogP contribution in [0.15, 0.2) is 84.9 Å². The summed E-state index contributed by atoms with van der Waals surface area (Å²) < 4.78 is 0. The number of aromatic carboxylic acids is 2. The van der Waals surface area contributed by atoms with Crippen molar-refractivity contribution in [1.82, 2.24) is 19.9 Å². The van der Waals surface area contributed by atoms with Crippen molar-refractivity contribution in [1.29, 1.82) is 0 Å². The number of H-pyrrole nitrogens is 2. The molecule has 8 nitrogen and oxygen atoms in total. The van der Waals surface area contributed by atoms with Crippen molar-refractivity contribution < 1.29 is 19.8 Å². The van der Waals surface area contributed by atoms with Gasteiger partial charge in [-0.2, -0.15) is 0 Å². The fraction of sp³-hybridized carbons (Fsp3) is 0. The van der Waals surface area contributed by atoms with Crippen LogP contribution in [0.3, 0.4) is 0 Å². The number of aromatic nitrogens is 4. The number of benzene rings is 4. The highest BCUT2D eigenvalue weighted by Crippen LogP contribution is 2.29. The van der Waals surface area contributed by atoms with Gasteiger partial charge in [-0.3, -0.25) is 0 Å². The SMILES string of the molecule is O=C(O)c1ccc(-c2nc3ccc(-c4ccc5nc(-c6ccc(C(=O)O)cc6)[nH]c5c4)cc3[nH]2)cc1. The van der Waals surface area contributed by atoms with Crippen LogP contribution < -0.4 is 0 Å². The third-order valence-corrected chi connectivity index (χ3v) is 6.11. The van der Waals surface area contributed by atoms with Crippen LogP contribution in [0.25, 0.3) is 56.0 Å². The van der Waals surface area contributed by atoms with Gasteiger partial charge in [-0.1, -0.05) is 36.4 Å². The van der Waals surface area contributed by atoms with Crippen LogP contribution in [0.5, 0.6) is 0 Å². The zero-order valence-electron chi connectivity index (χ0n) is 18.7. The molecule has 2 aromatic heterocycles. The number of carboxylic acids is 2. The Hall–Kier alpha value is -5.24. The van der Waals surface area contributed by atoms with Gasteiger partial charge in [0.25, 0.3) is 0 Å². The molecule has 0 saturated carbocycles. The molecule has 6 aromatic rings. The fourth-order valence-electron chi connectivity index (χ4n) is 4.19. The number of hydrogen-bond donors (Lipinski definition) is 4. The molecule has 36 heavy (non-hydrogen) atoms. The fourth-order valence-corrected chi connectivity index (χ4v) is 4.19. The summed E-state index contributed by atoms with van der Waals surface area (Å²) in [5, 5.41) is 18.2. The molecule has 0 spiro atoms. The van der Waals surface area contributed by atoms with Gasteiger partial charge in [-0.15, -0.1) is 0 Å². The smallest absolute Gasteiger partial charge is 0.335 e. The maximum absolute atomic E-state index is 11.1. The van der Waals surface area contributed by atoms with Crippen LogP contribution in [0.2, 0.25) is 0 Å². The highest BCUT2D eigenvalue weighted by atomic mass is 16.4. The van der Waals surface area contributed by atoms with Gasteiger partial charge < -0.3 is 20.2 Å². The topological polar surface area (TPSA) is 132 Å². The number of carbonyl (C=O) groups is 2. The van der Waals surface area contributed by atoms with Crippen LogP contribution in [-0.4, -0.2) is 42.1 Å². The predicted octanol–water partition coefficient (Wildman–Crippen LogP) is 5.84. The summed E-state index contributed by atoms with van der Waals surface area (Å²) >= 11 is 0. The van der Waals surface area contributed by atoms with Gasteiger partial charge in [0.15, 0.2) is 0 Å². The number of nitrogens with one attached hydrogen (secondary N) is 2. The van der Waals surface area contributed by atoms with Crippen LogP contribution in [-0.2, 0) is 0 Å². The molecule has 6 rings (SSSR count). The summed E-state index contributed by atoms with van der Waals surface area (Å²) in [5.74, 6) is -0.593. The van der Waals surface area contributed by atoms with Crippen molar-refractivity contribution in [3.05, 3.63) is 96.1 Å². The van der Waals surface area contributed by atoms with Gasteiger partial charge in [-0.25, -0.2) is 19.6 Å². The molecule has 4 aromatic carbocycles. The van der Waals surface area contributed by atoms with Gasteiger partial charge in [-0.05, 0) is 59.7 Å². The molecule has 4 N–H and O–H groups in total. The van der Waals surface area contributed by atoms with E-state index in [1.807, 2.05) is 36.4 Å². The number of imidazole rings is 2. The van der Waals surface area contributed by atoms with Crippen LogP contribution >= 0.6 is 0 Å². The first-order chi connectivity index (χ1) is 17.4. The Balaban J connectivity index is 1.32. The molecule has 0 atom stereocenters. The molecule has 0 aliphatic carbocycles. The maximum Gasteiger partial charge on any atom is 0.335 e. The Kier molecular flexibility index (Phi) is 4.86. The summed E-state index contributed by atoms with van der Waals surface area (Å²) in [6.07, 6.45) is 0. The molecule has 0 fully saturated rings. The van der Waals surface area contributed by atoms with Gasteiger partial charge in [0.1, 0.15) is 11.6 Å². The molecule has 0 aliphatic rings. The van der Waals surface area contributed by atoms with Crippen molar-refractivity contribution in [3.8, 4) is 33.9 Å². The van der Waals surface area contributed by atoms with Crippen LogP contribution in [0, 0.1) is 0 Å². The number of hydrogen-bond acceptors (Lipinski definition) is 4. The third kappa shape index (κ3) is 3.76. The standard InChI is InChI=1S/C28H18N4O4/c33-27(34)17-5-1-15(2-6-17)25-29-21-11-9-19(13-23(21)31-25)20-10-12-22-24(14-20)32-26(30-22)16-3-7-18(8-4-16)28(35)36/h1-14H,(H,29,31)(H,30,32)(H,33,34)(H,35,36). The highest BCUT2D eigenvalue weighted by Gasteiger charge is 2.11. The van der Waals surface area contributed by atoms with E-state index < -0.39 is 11.9 Å². The maximum atomic E-state index is 11.1. The second-order valence-corrected chi connectivity index (χ2v) is 8.40. The summed E-state index contributed by atoms with van der Waals surface area (Å²) in [6, 6.07) is 25.1. The molecule has 0 unspecified atom stereocenters. The first-order valence-corrected chi connectivity index (χ1v) is 11.1. The summed E-state index contributed by atoms with van der Waals surface area (Å²) in [6.45, 7) is 0. The largest absolute Gasteiger partial charge is 0.478 e. The zero-order valence-corrected chi connectivity index (χ0v) is 18.7. The number of carboxylic acid groups (broad SMARTS) is 2. The Labute approximate surface area is 203 Å². The average molecular weight is 474 g/mol. The van der Waals surface area contributed by atoms with E-state index in [-0.39, 0.29) is 11.1 Å². The van der Waals surface area contributed by atoms with E-state index in [1.54, 1.807) is 48.5 Å². The number of fused-ring (bicyclic) bond motifs is 2. The molecule has 2 heterocycles. The highest BCUT2D eigenvalue weighted by molar-refractivity contribution is 5.91. The van der Waals surface area contributed by atoms with E-state index in [1.165, 1.54) is 0 Å². The normalized spacial score (nSPS) is 11.2. The molecule has 0 aliphatic heterocycles. The van der Waals surface area contributed by atoms with E-state index in [4.69, 9.17) is 10.2 Å². The summed E-state index contributed by atoms with van der Waals surface area (Å²) in [7, 11) is 0. The quantitative estimate of drug-likeness (QED) is 0.248. The summed E-state index contributed by atoms with van der Waals surface area (Å²) in [4.78, 5) is 38.1. The zero-order chi connectivity index (χ0) is 24.8. The van der Waals surface area contributed by atoms with Crippen molar-refractivity contribution in [2.75, 3.05) is 0 Å². The minimum atomic E-state index is -0.965. The van der Waals surface area contributed by atoms with E-state index in [2.05, 4.69) is 19.9 Å². The monoisotopic (exact) mass is 474 g/mol. The van der Waals surface area contributed by atoms with Gasteiger partial charge in [0.2, 0.25) is 0 Å². The van der Waals surface area contributed by atoms with Gasteiger partial charge >= 0.3 is 11.9 Å². The van der Waals surface area contributed by atoms with Crippen LogP contribution in [0.1, 0.15) is 20.7 Å². The van der Waals surface area contributed by atoms with E-state index >= 15 is 0 Å². The van der Waals surface area contributed by atoms with Crippen molar-refractivity contribution in [3.63, 3.8) is 0 Å². The predicted molar refractivity (Wildman–Crippen MR) is 136 cm³/mol. The number of nitrogens with zero attached hydrogens (tertiary/aromatic N) is 2. The average Bonchev–Trinajstić information content (AvgIpc) is 3.52. The minimum Gasteiger partial charge on any atom is -0.478 e. The Morgan fingerprint density at radius 2 is 0.889 bits per heavy atom. The van der Waals surface area contributed by atoms with Crippen molar-refractivity contribution in [2.24, 2.45) is 0 Å². The molecule has 174 valence electrons. The Morgan fingerprint density at radius 1 is 0.528 bits per heavy atom. The number of aromatic amines is 2. The lowest BCUT2D eigenvalue weighted by Gasteiger charge is -2.01. The lowest BCUT2D eigenvalue weighted by Crippen LogP contribution is -1.95. The second-order valence-electron chi connectivity index (χ2n) is 8.40. The molecule has 0 radical (unpaired) electrons. The van der Waals surface area contributed by atoms with E-state index in [0.717, 1.165) is 44.3 Å². The van der Waals surface area contributed by atoms with Gasteiger partial charge in [0.05, 0.1) is 33.2 Å². The Bertz CT molecular complexity index is 1650. The lowest BCUT2D eigenvalue weighted by molar-refractivity contribution is 0.0686. The lowest BCUT2D eigenvalue weighted by atomic mass is 10.0. The molecule has 0 bridgehead atoms. The van der Waals surface area contributed by atoms with E-state index in [0.29, 0.717) is 11.6 Å². The first-order valence-electron chi connectivity index (χ1n) is 11.1. The van der Waals surface area contributed by atoms with Crippen molar-refractivity contribution >= 4 is 34.0 Å². The van der Waals surface area contributed by atoms with E-state index in [9.17, 15) is 9.59 Å². The van der Waals surface area contributed by atoms with Gasteiger partial charge in [0, 0.05) is 11.1 Å². The third-order valence-electron chi connectivity index (χ3n) is 6.11. The number of rotatable bonds is 5. The Morgan fingerprint density at radius 3 is 1.25 bits per heavy atom. The molecular weight excluding hydrogens is 456 g/mol. The second kappa shape index (κ2) is 8.21. The first kappa shape index (κ1) is 21.3. The molecule has 0 amide bonds. The molecule has 8 heteroatoms. The van der Waals surface area contributed by atoms with Crippen molar-refractivity contribution in [2.45, 2.75) is 0 Å².